The number of fused-ring (bicyclic) bond motifs is 1. The van der Waals surface area contributed by atoms with E-state index in [9.17, 15) is 14.9 Å². The van der Waals surface area contributed by atoms with Gasteiger partial charge in [-0.1, -0.05) is 13.2 Å². The third kappa shape index (κ3) is 6.66. The van der Waals surface area contributed by atoms with Crippen LogP contribution in [0.2, 0.25) is 0 Å². The average molecular weight is 439 g/mol. The second kappa shape index (κ2) is 10.7. The van der Waals surface area contributed by atoms with Crippen molar-refractivity contribution in [3.63, 3.8) is 0 Å². The summed E-state index contributed by atoms with van der Waals surface area (Å²) in [7, 11) is 0. The van der Waals surface area contributed by atoms with Crippen LogP contribution in [-0.2, 0) is 22.4 Å². The minimum Gasteiger partial charge on any atom is -0.449 e. The minimum absolute atomic E-state index is 0.209. The van der Waals surface area contributed by atoms with Gasteiger partial charge >= 0.3 is 6.09 Å². The molecular weight excluding hydrogens is 412 g/mol. The maximum absolute atomic E-state index is 12.3. The van der Waals surface area contributed by atoms with Crippen LogP contribution in [0.5, 0.6) is 0 Å². The molecule has 2 amide bonds. The molecular formula is C23H26N4O3S. The van der Waals surface area contributed by atoms with E-state index < -0.39 is 0 Å². The summed E-state index contributed by atoms with van der Waals surface area (Å²) in [5.41, 5.74) is 2.07. The molecule has 0 aromatic carbocycles. The van der Waals surface area contributed by atoms with E-state index in [1.165, 1.54) is 42.7 Å². The Hall–Kier alpha value is -3.18. The Labute approximate surface area is 186 Å². The number of rotatable bonds is 9. The van der Waals surface area contributed by atoms with Crippen molar-refractivity contribution in [1.29, 1.82) is 5.26 Å². The van der Waals surface area contributed by atoms with Crippen LogP contribution in [0.1, 0.15) is 35.3 Å². The van der Waals surface area contributed by atoms with E-state index >= 15 is 0 Å². The highest BCUT2D eigenvalue weighted by Gasteiger charge is 2.27. The van der Waals surface area contributed by atoms with E-state index in [1.54, 1.807) is 6.08 Å². The molecule has 3 rings (SSSR count). The molecule has 0 radical (unpaired) electrons. The van der Waals surface area contributed by atoms with Crippen LogP contribution in [-0.4, -0.2) is 31.4 Å². The van der Waals surface area contributed by atoms with E-state index in [2.05, 4.69) is 34.9 Å². The van der Waals surface area contributed by atoms with Crippen LogP contribution >= 0.6 is 11.3 Å². The van der Waals surface area contributed by atoms with Gasteiger partial charge in [-0.15, -0.1) is 11.3 Å². The van der Waals surface area contributed by atoms with Crippen molar-refractivity contribution in [3.05, 3.63) is 53.1 Å². The summed E-state index contributed by atoms with van der Waals surface area (Å²) in [4.78, 5) is 29.0. The molecule has 2 aliphatic carbocycles. The molecule has 0 bridgehead atoms. The number of hydrogen-bond donors (Lipinski definition) is 2. The van der Waals surface area contributed by atoms with Gasteiger partial charge in [-0.2, -0.15) is 5.26 Å². The molecule has 31 heavy (non-hydrogen) atoms. The molecule has 1 aromatic rings. The summed E-state index contributed by atoms with van der Waals surface area (Å²) < 4.78 is 5.37. The van der Waals surface area contributed by atoms with Crippen molar-refractivity contribution in [1.82, 2.24) is 5.32 Å². The Morgan fingerprint density at radius 3 is 2.81 bits per heavy atom. The number of thiophene rings is 1. The first-order valence-electron chi connectivity index (χ1n) is 10.3. The smallest absolute Gasteiger partial charge is 0.407 e. The molecule has 0 aliphatic heterocycles. The molecule has 0 spiro atoms. The van der Waals surface area contributed by atoms with Crippen LogP contribution in [0.3, 0.4) is 0 Å². The number of nitrogens with zero attached hydrogens (tertiary/aromatic N) is 2. The number of anilines is 1. The van der Waals surface area contributed by atoms with Gasteiger partial charge in [0.25, 0.3) is 0 Å². The summed E-state index contributed by atoms with van der Waals surface area (Å²) in [5.74, 6) is 0.484. The van der Waals surface area contributed by atoms with Gasteiger partial charge < -0.3 is 15.4 Å². The van der Waals surface area contributed by atoms with Gasteiger partial charge in [0.2, 0.25) is 5.91 Å². The quantitative estimate of drug-likeness (QED) is 0.344. The molecule has 0 saturated heterocycles. The molecule has 8 heteroatoms. The topological polar surface area (TPSA) is 104 Å². The van der Waals surface area contributed by atoms with Gasteiger partial charge in [0, 0.05) is 29.9 Å². The number of nitrogens with one attached hydrogen (secondary N) is 2. The molecule has 1 unspecified atom stereocenters. The number of carbonyl (C=O) groups is 2. The van der Waals surface area contributed by atoms with Gasteiger partial charge in [-0.25, -0.2) is 4.79 Å². The fourth-order valence-electron chi connectivity index (χ4n) is 3.32. The standard InChI is InChI=1S/C23H26N4O3S/c1-3-25-12-15(2)4-9-21(28)27-22-19(11-24)18-8-7-17(10-20(18)31-22)14-30-23(29)26-13-16-5-6-16/h3-4,9,12,16-17H,1-2,5-8,10,13-14H2,(H,26,29)(H,27,28)/b9-4+,25-12?. The monoisotopic (exact) mass is 438 g/mol. The predicted octanol–water partition coefficient (Wildman–Crippen LogP) is 4.13. The molecule has 2 aliphatic rings. The first kappa shape index (κ1) is 22.5. The number of aliphatic imine (C=N–C) groups is 1. The van der Waals surface area contributed by atoms with E-state index in [4.69, 9.17) is 4.74 Å². The third-order valence-corrected chi connectivity index (χ3v) is 6.36. The van der Waals surface area contributed by atoms with Gasteiger partial charge in [-0.3, -0.25) is 9.79 Å². The van der Waals surface area contributed by atoms with Crippen LogP contribution in [0.25, 0.3) is 0 Å². The maximum atomic E-state index is 12.3. The number of amides is 2. The van der Waals surface area contributed by atoms with Crippen molar-refractivity contribution in [2.45, 2.75) is 32.1 Å². The van der Waals surface area contributed by atoms with Crippen molar-refractivity contribution in [3.8, 4) is 6.07 Å². The Morgan fingerprint density at radius 1 is 1.29 bits per heavy atom. The summed E-state index contributed by atoms with van der Waals surface area (Å²) in [6.07, 6.45) is 10.1. The third-order valence-electron chi connectivity index (χ3n) is 5.19. The minimum atomic E-state index is -0.360. The van der Waals surface area contributed by atoms with E-state index in [0.29, 0.717) is 35.2 Å². The zero-order chi connectivity index (χ0) is 22.2. The normalized spacial score (nSPS) is 17.7. The summed E-state index contributed by atoms with van der Waals surface area (Å²) >= 11 is 1.42. The molecule has 1 atom stereocenters. The highest BCUT2D eigenvalue weighted by atomic mass is 32.1. The first-order chi connectivity index (χ1) is 15.0. The van der Waals surface area contributed by atoms with E-state index in [0.717, 1.165) is 29.7 Å². The summed E-state index contributed by atoms with van der Waals surface area (Å²) in [6, 6.07) is 2.23. The second-order valence-corrected chi connectivity index (χ2v) is 8.81. The number of hydrogen-bond acceptors (Lipinski definition) is 6. The zero-order valence-electron chi connectivity index (χ0n) is 17.4. The Kier molecular flexibility index (Phi) is 7.79. The van der Waals surface area contributed by atoms with E-state index in [1.807, 2.05) is 0 Å². The zero-order valence-corrected chi connectivity index (χ0v) is 18.2. The Morgan fingerprint density at radius 2 is 2.10 bits per heavy atom. The van der Waals surface area contributed by atoms with Gasteiger partial charge in [-0.05, 0) is 61.2 Å². The summed E-state index contributed by atoms with van der Waals surface area (Å²) in [5, 5.41) is 15.8. The van der Waals surface area contributed by atoms with Crippen LogP contribution in [0.4, 0.5) is 9.80 Å². The number of nitriles is 1. The lowest BCUT2D eigenvalue weighted by molar-refractivity contribution is -0.111. The number of ether oxygens (including phenoxy) is 1. The fourth-order valence-corrected chi connectivity index (χ4v) is 4.64. The average Bonchev–Trinajstić information content (AvgIpc) is 3.53. The molecule has 162 valence electrons. The highest BCUT2D eigenvalue weighted by molar-refractivity contribution is 7.16. The van der Waals surface area contributed by atoms with E-state index in [-0.39, 0.29) is 17.9 Å². The Bertz CT molecular complexity index is 966. The largest absolute Gasteiger partial charge is 0.449 e. The number of carbonyl (C=O) groups excluding carboxylic acids is 2. The molecule has 1 saturated carbocycles. The molecule has 1 aromatic heterocycles. The second-order valence-electron chi connectivity index (χ2n) is 7.71. The SMILES string of the molecule is C=CN=CC(=C)/C=C/C(=O)Nc1sc2c(c1C#N)CCC(COC(=O)NCC1CC1)C2. The lowest BCUT2D eigenvalue weighted by Crippen LogP contribution is -2.29. The molecule has 1 heterocycles. The fraction of sp³-hybridized carbons (Fsp3) is 0.391. The van der Waals surface area contributed by atoms with Crippen molar-refractivity contribution in [2.24, 2.45) is 16.8 Å². The highest BCUT2D eigenvalue weighted by Crippen LogP contribution is 2.39. The Balaban J connectivity index is 1.56. The van der Waals surface area contributed by atoms with Crippen molar-refractivity contribution < 1.29 is 14.3 Å². The van der Waals surface area contributed by atoms with Crippen molar-refractivity contribution in [2.75, 3.05) is 18.5 Å². The lowest BCUT2D eigenvalue weighted by atomic mass is 9.88. The molecule has 7 nitrogen and oxygen atoms in total. The van der Waals surface area contributed by atoms with Gasteiger partial charge in [0.1, 0.15) is 11.1 Å². The molecule has 2 N–H and O–H groups in total. The number of alkyl carbamates (subject to hydrolysis) is 1. The van der Waals surface area contributed by atoms with Crippen LogP contribution in [0.15, 0.2) is 42.1 Å². The number of allylic oxidation sites excluding steroid dienone is 2. The van der Waals surface area contributed by atoms with Gasteiger partial charge in [0.15, 0.2) is 0 Å². The van der Waals surface area contributed by atoms with Crippen LogP contribution in [0, 0.1) is 23.2 Å². The lowest BCUT2D eigenvalue weighted by Gasteiger charge is -2.21. The predicted molar refractivity (Wildman–Crippen MR) is 122 cm³/mol. The van der Waals surface area contributed by atoms with Crippen LogP contribution < -0.4 is 10.6 Å². The molecule has 1 fully saturated rings. The maximum Gasteiger partial charge on any atom is 0.407 e. The van der Waals surface area contributed by atoms with Crippen molar-refractivity contribution >= 4 is 34.6 Å². The van der Waals surface area contributed by atoms with Gasteiger partial charge in [0.05, 0.1) is 12.2 Å². The first-order valence-corrected chi connectivity index (χ1v) is 11.1. The summed E-state index contributed by atoms with van der Waals surface area (Å²) in [6.45, 7) is 8.29.